The molecule has 0 unspecified atom stereocenters. The SMILES string of the molecule is CC(C)(C)OC(=O)N[C@H](Cc1cnc(F)[nH]1)C(=O)O. The summed E-state index contributed by atoms with van der Waals surface area (Å²) < 4.78 is 17.6. The van der Waals surface area contributed by atoms with E-state index < -0.39 is 29.8 Å². The van der Waals surface area contributed by atoms with E-state index in [1.807, 2.05) is 0 Å². The molecule has 0 radical (unpaired) electrons. The number of alkyl carbamates (subject to hydrolysis) is 1. The summed E-state index contributed by atoms with van der Waals surface area (Å²) in [5, 5.41) is 11.2. The van der Waals surface area contributed by atoms with Gasteiger partial charge in [0.1, 0.15) is 11.6 Å². The highest BCUT2D eigenvalue weighted by atomic mass is 19.1. The highest BCUT2D eigenvalue weighted by Gasteiger charge is 2.24. The molecule has 19 heavy (non-hydrogen) atoms. The van der Waals surface area contributed by atoms with Crippen LogP contribution in [0.25, 0.3) is 0 Å². The molecule has 0 spiro atoms. The summed E-state index contributed by atoms with van der Waals surface area (Å²) >= 11 is 0. The van der Waals surface area contributed by atoms with E-state index in [0.29, 0.717) is 0 Å². The van der Waals surface area contributed by atoms with Crippen molar-refractivity contribution >= 4 is 12.1 Å². The molecule has 1 heterocycles. The summed E-state index contributed by atoms with van der Waals surface area (Å²) in [6.45, 7) is 4.98. The van der Waals surface area contributed by atoms with Crippen molar-refractivity contribution in [1.82, 2.24) is 15.3 Å². The number of carbonyl (C=O) groups is 2. The van der Waals surface area contributed by atoms with Crippen LogP contribution >= 0.6 is 0 Å². The van der Waals surface area contributed by atoms with E-state index in [4.69, 9.17) is 9.84 Å². The molecule has 0 aliphatic rings. The zero-order chi connectivity index (χ0) is 14.6. The van der Waals surface area contributed by atoms with Crippen LogP contribution in [0.15, 0.2) is 6.20 Å². The van der Waals surface area contributed by atoms with Gasteiger partial charge in [-0.25, -0.2) is 14.6 Å². The molecule has 1 aromatic rings. The number of ether oxygens (including phenoxy) is 1. The third kappa shape index (κ3) is 5.36. The van der Waals surface area contributed by atoms with Crippen LogP contribution in [0.2, 0.25) is 0 Å². The average molecular weight is 273 g/mol. The van der Waals surface area contributed by atoms with Crippen LogP contribution in [0.3, 0.4) is 0 Å². The number of rotatable bonds is 4. The number of carbonyl (C=O) groups excluding carboxylic acids is 1. The molecular formula is C11H16FN3O4. The molecular weight excluding hydrogens is 257 g/mol. The van der Waals surface area contributed by atoms with E-state index in [1.165, 1.54) is 6.20 Å². The number of hydrogen-bond acceptors (Lipinski definition) is 4. The fourth-order valence-corrected chi connectivity index (χ4v) is 1.31. The van der Waals surface area contributed by atoms with Gasteiger partial charge in [0.05, 0.1) is 6.20 Å². The maximum absolute atomic E-state index is 12.6. The Balaban J connectivity index is 2.63. The van der Waals surface area contributed by atoms with Crippen molar-refractivity contribution < 1.29 is 23.8 Å². The van der Waals surface area contributed by atoms with E-state index >= 15 is 0 Å². The molecule has 1 rings (SSSR count). The lowest BCUT2D eigenvalue weighted by Gasteiger charge is -2.21. The van der Waals surface area contributed by atoms with Gasteiger partial charge in [-0.1, -0.05) is 0 Å². The maximum atomic E-state index is 12.6. The van der Waals surface area contributed by atoms with Crippen LogP contribution in [0.1, 0.15) is 26.5 Å². The van der Waals surface area contributed by atoms with Gasteiger partial charge < -0.3 is 20.1 Å². The fourth-order valence-electron chi connectivity index (χ4n) is 1.31. The zero-order valence-electron chi connectivity index (χ0n) is 10.9. The lowest BCUT2D eigenvalue weighted by Crippen LogP contribution is -2.44. The third-order valence-electron chi connectivity index (χ3n) is 2.01. The minimum absolute atomic E-state index is 0.120. The highest BCUT2D eigenvalue weighted by Crippen LogP contribution is 2.08. The minimum atomic E-state index is -1.25. The van der Waals surface area contributed by atoms with Crippen molar-refractivity contribution in [2.24, 2.45) is 0 Å². The van der Waals surface area contributed by atoms with Gasteiger partial charge in [-0.15, -0.1) is 0 Å². The van der Waals surface area contributed by atoms with E-state index in [0.717, 1.165) is 0 Å². The van der Waals surface area contributed by atoms with Crippen LogP contribution in [-0.4, -0.2) is 38.8 Å². The summed E-state index contributed by atoms with van der Waals surface area (Å²) in [5.41, 5.74) is -0.464. The minimum Gasteiger partial charge on any atom is -0.480 e. The number of amides is 1. The van der Waals surface area contributed by atoms with Crippen molar-refractivity contribution in [3.63, 3.8) is 0 Å². The molecule has 0 aromatic carbocycles. The Bertz CT molecular complexity index is 467. The number of carboxylic acids is 1. The highest BCUT2D eigenvalue weighted by molar-refractivity contribution is 5.80. The number of nitrogens with one attached hydrogen (secondary N) is 2. The summed E-state index contributed by atoms with van der Waals surface area (Å²) in [5.74, 6) is -1.25. The number of halogens is 1. The molecule has 106 valence electrons. The molecule has 1 atom stereocenters. The number of carboxylic acid groups (broad SMARTS) is 1. The smallest absolute Gasteiger partial charge is 0.408 e. The molecule has 8 heteroatoms. The van der Waals surface area contributed by atoms with E-state index in [9.17, 15) is 14.0 Å². The molecule has 0 fully saturated rings. The van der Waals surface area contributed by atoms with Crippen LogP contribution in [0, 0.1) is 6.08 Å². The number of imidazole rings is 1. The molecule has 1 aromatic heterocycles. The van der Waals surface area contributed by atoms with Gasteiger partial charge in [0.15, 0.2) is 0 Å². The number of nitrogens with zero attached hydrogens (tertiary/aromatic N) is 1. The second-order valence-corrected chi connectivity index (χ2v) is 4.94. The number of aromatic nitrogens is 2. The van der Waals surface area contributed by atoms with Crippen LogP contribution in [0.5, 0.6) is 0 Å². The Morgan fingerprint density at radius 1 is 1.58 bits per heavy atom. The number of aromatic amines is 1. The topological polar surface area (TPSA) is 104 Å². The van der Waals surface area contributed by atoms with E-state index in [1.54, 1.807) is 20.8 Å². The summed E-state index contributed by atoms with van der Waals surface area (Å²) in [6, 6.07) is -1.23. The first-order valence-electron chi connectivity index (χ1n) is 5.59. The second-order valence-electron chi connectivity index (χ2n) is 4.94. The van der Waals surface area contributed by atoms with Gasteiger partial charge in [-0.2, -0.15) is 4.39 Å². The third-order valence-corrected chi connectivity index (χ3v) is 2.01. The Morgan fingerprint density at radius 3 is 2.63 bits per heavy atom. The molecule has 0 saturated heterocycles. The second kappa shape index (κ2) is 5.68. The Hall–Kier alpha value is -2.12. The largest absolute Gasteiger partial charge is 0.480 e. The standard InChI is InChI=1S/C11H16FN3O4/c1-11(2,3)19-10(18)15-7(8(16)17)4-6-5-13-9(12)14-6/h5,7H,4H2,1-3H3,(H,13,14)(H,15,18)(H,16,17)/t7-/m1/s1. The molecule has 0 bridgehead atoms. The van der Waals surface area contributed by atoms with Crippen LogP contribution < -0.4 is 5.32 Å². The number of hydrogen-bond donors (Lipinski definition) is 3. The van der Waals surface area contributed by atoms with Crippen LogP contribution in [-0.2, 0) is 16.0 Å². The van der Waals surface area contributed by atoms with Gasteiger partial charge in [-0.05, 0) is 20.8 Å². The van der Waals surface area contributed by atoms with Gasteiger partial charge in [0.2, 0.25) is 0 Å². The number of aliphatic carboxylic acids is 1. The van der Waals surface area contributed by atoms with Crippen molar-refractivity contribution in [3.8, 4) is 0 Å². The zero-order valence-corrected chi connectivity index (χ0v) is 10.9. The first-order chi connectivity index (χ1) is 8.67. The normalized spacial score (nSPS) is 12.8. The quantitative estimate of drug-likeness (QED) is 0.761. The predicted octanol–water partition coefficient (Wildman–Crippen LogP) is 1.07. The Labute approximate surface area is 109 Å². The van der Waals surface area contributed by atoms with E-state index in [-0.39, 0.29) is 12.1 Å². The van der Waals surface area contributed by atoms with Crippen molar-refractivity contribution in [1.29, 1.82) is 0 Å². The molecule has 3 N–H and O–H groups in total. The monoisotopic (exact) mass is 273 g/mol. The Morgan fingerprint density at radius 2 is 2.21 bits per heavy atom. The molecule has 7 nitrogen and oxygen atoms in total. The van der Waals surface area contributed by atoms with Gasteiger partial charge in [-0.3, -0.25) is 0 Å². The first kappa shape index (κ1) is 14.9. The molecule has 1 amide bonds. The lowest BCUT2D eigenvalue weighted by atomic mass is 10.1. The summed E-state index contributed by atoms with van der Waals surface area (Å²) in [6.07, 6.45) is -0.607. The summed E-state index contributed by atoms with van der Waals surface area (Å²) in [4.78, 5) is 28.0. The molecule has 0 aliphatic heterocycles. The van der Waals surface area contributed by atoms with Crippen LogP contribution in [0.4, 0.5) is 9.18 Å². The average Bonchev–Trinajstić information content (AvgIpc) is 2.60. The van der Waals surface area contributed by atoms with Gasteiger partial charge >= 0.3 is 12.1 Å². The van der Waals surface area contributed by atoms with E-state index in [2.05, 4.69) is 15.3 Å². The van der Waals surface area contributed by atoms with Crippen molar-refractivity contribution in [2.75, 3.05) is 0 Å². The van der Waals surface area contributed by atoms with Gasteiger partial charge in [0, 0.05) is 12.1 Å². The lowest BCUT2D eigenvalue weighted by molar-refractivity contribution is -0.139. The first-order valence-corrected chi connectivity index (χ1v) is 5.59. The number of H-pyrrole nitrogens is 1. The maximum Gasteiger partial charge on any atom is 0.408 e. The fraction of sp³-hybridized carbons (Fsp3) is 0.545. The molecule has 0 aliphatic carbocycles. The predicted molar refractivity (Wildman–Crippen MR) is 63.0 cm³/mol. The van der Waals surface area contributed by atoms with Crippen molar-refractivity contribution in [2.45, 2.75) is 38.8 Å². The summed E-state index contributed by atoms with van der Waals surface area (Å²) in [7, 11) is 0. The van der Waals surface area contributed by atoms with Crippen molar-refractivity contribution in [3.05, 3.63) is 18.0 Å². The van der Waals surface area contributed by atoms with Gasteiger partial charge in [0.25, 0.3) is 6.08 Å². The Kier molecular flexibility index (Phi) is 4.47. The molecule has 0 saturated carbocycles.